The topological polar surface area (TPSA) is 38.4 Å². The summed E-state index contributed by atoms with van der Waals surface area (Å²) < 4.78 is 24.0. The van der Waals surface area contributed by atoms with Gasteiger partial charge in [-0.1, -0.05) is 4.86 Å². The molecule has 0 aliphatic carbocycles. The second kappa shape index (κ2) is 2.90. The largest absolute Gasteiger partial charge is 0.598 e. The number of hydroxylamine groups is 1. The molecule has 10 heavy (non-hydrogen) atoms. The molecule has 0 aromatic heterocycles. The molecule has 60 valence electrons. The fraction of sp³-hybridized carbons (Fsp3) is 1.00. The molecule has 0 aromatic rings. The summed E-state index contributed by atoms with van der Waals surface area (Å²) >= 11 is 0. The normalized spacial score (nSPS) is 17.1. The van der Waals surface area contributed by atoms with E-state index >= 15 is 0 Å². The van der Waals surface area contributed by atoms with Gasteiger partial charge in [0.05, 0.1) is 0 Å². The molecule has 0 aliphatic rings. The zero-order valence-electron chi connectivity index (χ0n) is 6.14. The molecule has 0 saturated carbocycles. The van der Waals surface area contributed by atoms with E-state index < -0.39 is 11.7 Å². The fourth-order valence-electron chi connectivity index (χ4n) is 0.328. The van der Waals surface area contributed by atoms with Crippen molar-refractivity contribution in [2.24, 2.45) is 5.34 Å². The molecular formula is C5H10F2N2O. The van der Waals surface area contributed by atoms with Gasteiger partial charge in [0.2, 0.25) is 6.04 Å². The molecule has 1 unspecified atom stereocenters. The Labute approximate surface area is 57.9 Å². The van der Waals surface area contributed by atoms with E-state index in [0.29, 0.717) is 0 Å². The van der Waals surface area contributed by atoms with Crippen LogP contribution in [0.15, 0.2) is 5.34 Å². The standard InChI is InChI=1S/C5H10F2N2O/c1-4(5(2,3)6)9(10)8-7/h4H,1-3H3. The first-order valence-electron chi connectivity index (χ1n) is 2.86. The maximum Gasteiger partial charge on any atom is 0.223 e. The van der Waals surface area contributed by atoms with Crippen LogP contribution in [0.2, 0.25) is 0 Å². The van der Waals surface area contributed by atoms with Gasteiger partial charge in [-0.3, -0.25) is 0 Å². The molecule has 0 N–H and O–H groups in total. The van der Waals surface area contributed by atoms with Crippen molar-refractivity contribution < 1.29 is 13.7 Å². The van der Waals surface area contributed by atoms with Crippen LogP contribution in [0, 0.1) is 5.21 Å². The van der Waals surface area contributed by atoms with Crippen LogP contribution in [-0.4, -0.2) is 16.6 Å². The predicted molar refractivity (Wildman–Crippen MR) is 31.8 cm³/mol. The third-order valence-electron chi connectivity index (χ3n) is 1.40. The molecule has 3 nitrogen and oxygen atoms in total. The maximum atomic E-state index is 12.8. The van der Waals surface area contributed by atoms with Crippen LogP contribution in [-0.2, 0) is 0 Å². The Morgan fingerprint density at radius 1 is 1.60 bits per heavy atom. The van der Waals surface area contributed by atoms with Crippen molar-refractivity contribution in [3.63, 3.8) is 0 Å². The van der Waals surface area contributed by atoms with Crippen molar-refractivity contribution in [2.75, 3.05) is 0 Å². The molecule has 0 aromatic carbocycles. The molecule has 0 aliphatic heterocycles. The van der Waals surface area contributed by atoms with Gasteiger partial charge in [0, 0.05) is 6.92 Å². The lowest BCUT2D eigenvalue weighted by molar-refractivity contribution is -0.593. The molecule has 0 radical (unpaired) electrons. The summed E-state index contributed by atoms with van der Waals surface area (Å²) in [6.45, 7) is 3.64. The molecule has 0 amide bonds. The van der Waals surface area contributed by atoms with E-state index in [1.165, 1.54) is 20.8 Å². The summed E-state index contributed by atoms with van der Waals surface area (Å²) in [5, 5.41) is 12.1. The summed E-state index contributed by atoms with van der Waals surface area (Å²) in [5.41, 5.74) is -1.74. The van der Waals surface area contributed by atoms with E-state index in [1.54, 1.807) is 5.34 Å². The first-order valence-corrected chi connectivity index (χ1v) is 2.86. The minimum atomic E-state index is -1.74. The Bertz CT molecular complexity index is 141. The van der Waals surface area contributed by atoms with Crippen LogP contribution in [0.1, 0.15) is 20.8 Å². The first kappa shape index (κ1) is 9.26. The minimum absolute atomic E-state index is 0.292. The molecular weight excluding hydrogens is 142 g/mol. The van der Waals surface area contributed by atoms with Crippen LogP contribution in [0.25, 0.3) is 0 Å². The van der Waals surface area contributed by atoms with E-state index in [2.05, 4.69) is 0 Å². The Kier molecular flexibility index (Phi) is 2.68. The number of alkyl halides is 1. The summed E-state index contributed by atoms with van der Waals surface area (Å²) in [6.07, 6.45) is 0. The van der Waals surface area contributed by atoms with Gasteiger partial charge in [-0.05, 0) is 18.3 Å². The number of nitrogens with zero attached hydrogens (tertiary/aromatic N) is 2. The molecule has 0 bridgehead atoms. The third kappa shape index (κ3) is 2.24. The van der Waals surface area contributed by atoms with E-state index in [0.717, 1.165) is 0 Å². The summed E-state index contributed by atoms with van der Waals surface area (Å²) in [6, 6.07) is -1.10. The van der Waals surface area contributed by atoms with E-state index in [1.807, 2.05) is 0 Å². The number of rotatable bonds is 2. The highest BCUT2D eigenvalue weighted by Crippen LogP contribution is 2.16. The van der Waals surface area contributed by atoms with Crippen LogP contribution in [0.5, 0.6) is 0 Å². The SMILES string of the molecule is CC([N+]([O-])=NF)C(C)(C)F. The van der Waals surface area contributed by atoms with Crippen LogP contribution < -0.4 is 0 Å². The predicted octanol–water partition coefficient (Wildman–Crippen LogP) is 1.97. The lowest BCUT2D eigenvalue weighted by Crippen LogP contribution is -2.35. The van der Waals surface area contributed by atoms with Crippen molar-refractivity contribution in [3.8, 4) is 0 Å². The number of hydrogen-bond donors (Lipinski definition) is 0. The monoisotopic (exact) mass is 152 g/mol. The van der Waals surface area contributed by atoms with Gasteiger partial charge in [-0.15, -0.1) is 0 Å². The van der Waals surface area contributed by atoms with E-state index in [4.69, 9.17) is 0 Å². The van der Waals surface area contributed by atoms with Gasteiger partial charge in [0.15, 0.2) is 11.0 Å². The lowest BCUT2D eigenvalue weighted by atomic mass is 10.0. The van der Waals surface area contributed by atoms with Crippen LogP contribution in [0.3, 0.4) is 0 Å². The van der Waals surface area contributed by atoms with Crippen molar-refractivity contribution in [2.45, 2.75) is 32.5 Å². The second-order valence-corrected chi connectivity index (χ2v) is 2.62. The van der Waals surface area contributed by atoms with Crippen molar-refractivity contribution >= 4 is 0 Å². The van der Waals surface area contributed by atoms with Gasteiger partial charge in [-0.25, -0.2) is 4.39 Å². The Morgan fingerprint density at radius 3 is 2.10 bits per heavy atom. The molecule has 0 fully saturated rings. The lowest BCUT2D eigenvalue weighted by Gasteiger charge is -2.17. The van der Waals surface area contributed by atoms with Crippen molar-refractivity contribution in [1.82, 2.24) is 0 Å². The average Bonchev–Trinajstić information content (AvgIpc) is 1.83. The quantitative estimate of drug-likeness (QED) is 0.338. The van der Waals surface area contributed by atoms with Gasteiger partial charge >= 0.3 is 0 Å². The number of hydrogen-bond acceptors (Lipinski definition) is 2. The van der Waals surface area contributed by atoms with E-state index in [-0.39, 0.29) is 4.86 Å². The molecule has 0 saturated heterocycles. The highest BCUT2D eigenvalue weighted by molar-refractivity contribution is 4.72. The molecule has 5 heteroatoms. The van der Waals surface area contributed by atoms with Crippen LogP contribution in [0.4, 0.5) is 8.87 Å². The van der Waals surface area contributed by atoms with Crippen molar-refractivity contribution in [1.29, 1.82) is 0 Å². The highest BCUT2D eigenvalue weighted by atomic mass is 19.2. The molecule has 0 rings (SSSR count). The Morgan fingerprint density at radius 2 is 2.00 bits per heavy atom. The zero-order valence-corrected chi connectivity index (χ0v) is 6.14. The smallest absolute Gasteiger partial charge is 0.223 e. The van der Waals surface area contributed by atoms with Gasteiger partial charge in [0.25, 0.3) is 0 Å². The van der Waals surface area contributed by atoms with Gasteiger partial charge in [0.1, 0.15) is 0 Å². The summed E-state index contributed by atoms with van der Waals surface area (Å²) in [7, 11) is 0. The van der Waals surface area contributed by atoms with Gasteiger partial charge < -0.3 is 5.21 Å². The minimum Gasteiger partial charge on any atom is -0.598 e. The first-order chi connectivity index (χ1) is 4.39. The molecule has 0 spiro atoms. The van der Waals surface area contributed by atoms with Crippen molar-refractivity contribution in [3.05, 3.63) is 5.21 Å². The molecule has 0 heterocycles. The van der Waals surface area contributed by atoms with E-state index in [9.17, 15) is 14.1 Å². The average molecular weight is 152 g/mol. The van der Waals surface area contributed by atoms with Gasteiger partial charge in [-0.2, -0.15) is 0 Å². The fourth-order valence-corrected chi connectivity index (χ4v) is 0.328. The third-order valence-corrected chi connectivity index (χ3v) is 1.40. The second-order valence-electron chi connectivity index (χ2n) is 2.62. The van der Waals surface area contributed by atoms with Crippen LogP contribution >= 0.6 is 0 Å². The summed E-state index contributed by atoms with van der Waals surface area (Å²) in [5.74, 6) is 0. The Hall–Kier alpha value is -0.740. The summed E-state index contributed by atoms with van der Waals surface area (Å²) in [4.78, 5) is -0.292. The molecule has 1 atom stereocenters. The maximum absolute atomic E-state index is 12.8. The zero-order chi connectivity index (χ0) is 8.36. The highest BCUT2D eigenvalue weighted by Gasteiger charge is 2.33. The Balaban J connectivity index is 4.23. The number of halogens is 2.